The first kappa shape index (κ1) is 14.9. The smallest absolute Gasteiger partial charge is 0.319 e. The van der Waals surface area contributed by atoms with Crippen LogP contribution in [0.4, 0.5) is 10.5 Å². The van der Waals surface area contributed by atoms with E-state index in [0.717, 1.165) is 48.9 Å². The third-order valence-electron chi connectivity index (χ3n) is 4.14. The van der Waals surface area contributed by atoms with E-state index >= 15 is 0 Å². The molecule has 2 aromatic carbocycles. The maximum absolute atomic E-state index is 12.0. The highest BCUT2D eigenvalue weighted by Gasteiger charge is 2.14. The lowest BCUT2D eigenvalue weighted by molar-refractivity contribution is 0.184. The quantitative estimate of drug-likeness (QED) is 0.825. The van der Waals surface area contributed by atoms with Crippen molar-refractivity contribution in [2.75, 3.05) is 25.1 Å². The molecule has 1 fully saturated rings. The number of hydrogen-bond acceptors (Lipinski definition) is 2. The van der Waals surface area contributed by atoms with E-state index in [9.17, 15) is 4.79 Å². The van der Waals surface area contributed by atoms with Gasteiger partial charge in [0.05, 0.1) is 5.69 Å². The van der Waals surface area contributed by atoms with Crippen molar-refractivity contribution in [2.45, 2.75) is 19.3 Å². The SMILES string of the molecule is O=C(NCCC[C@H]1CCOC1)Nc1cccc2ccccc12. The van der Waals surface area contributed by atoms with Crippen molar-refractivity contribution in [3.63, 3.8) is 0 Å². The molecule has 1 atom stereocenters. The molecule has 0 unspecified atom stereocenters. The number of amides is 2. The predicted octanol–water partition coefficient (Wildman–Crippen LogP) is 3.78. The van der Waals surface area contributed by atoms with Gasteiger partial charge in [-0.15, -0.1) is 0 Å². The highest BCUT2D eigenvalue weighted by atomic mass is 16.5. The number of ether oxygens (including phenoxy) is 1. The van der Waals surface area contributed by atoms with Gasteiger partial charge in [-0.3, -0.25) is 0 Å². The molecule has 0 radical (unpaired) electrons. The second kappa shape index (κ2) is 7.27. The molecular weight excluding hydrogens is 276 g/mol. The van der Waals surface area contributed by atoms with Gasteiger partial charge in [0.2, 0.25) is 0 Å². The molecule has 0 spiro atoms. The molecule has 3 rings (SSSR count). The molecule has 1 heterocycles. The van der Waals surface area contributed by atoms with Gasteiger partial charge in [0.15, 0.2) is 0 Å². The summed E-state index contributed by atoms with van der Waals surface area (Å²) in [4.78, 5) is 12.0. The lowest BCUT2D eigenvalue weighted by atomic mass is 10.0. The van der Waals surface area contributed by atoms with E-state index in [2.05, 4.69) is 10.6 Å². The van der Waals surface area contributed by atoms with Gasteiger partial charge in [0.1, 0.15) is 0 Å². The zero-order valence-corrected chi connectivity index (χ0v) is 12.7. The van der Waals surface area contributed by atoms with Gasteiger partial charge in [0.25, 0.3) is 0 Å². The minimum absolute atomic E-state index is 0.140. The van der Waals surface area contributed by atoms with Crippen LogP contribution in [0.2, 0.25) is 0 Å². The number of anilines is 1. The van der Waals surface area contributed by atoms with Crippen molar-refractivity contribution in [3.8, 4) is 0 Å². The van der Waals surface area contributed by atoms with Gasteiger partial charge in [0, 0.05) is 25.1 Å². The maximum atomic E-state index is 12.0. The predicted molar refractivity (Wildman–Crippen MR) is 89.1 cm³/mol. The van der Waals surface area contributed by atoms with E-state index < -0.39 is 0 Å². The zero-order chi connectivity index (χ0) is 15.2. The number of benzene rings is 2. The Morgan fingerprint density at radius 2 is 2.05 bits per heavy atom. The summed E-state index contributed by atoms with van der Waals surface area (Å²) in [6.45, 7) is 2.47. The molecule has 0 saturated carbocycles. The summed E-state index contributed by atoms with van der Waals surface area (Å²) in [5.74, 6) is 0.669. The van der Waals surface area contributed by atoms with Crippen molar-refractivity contribution in [2.24, 2.45) is 5.92 Å². The Hall–Kier alpha value is -2.07. The Kier molecular flexibility index (Phi) is 4.91. The van der Waals surface area contributed by atoms with E-state index in [0.29, 0.717) is 12.5 Å². The van der Waals surface area contributed by atoms with E-state index in [1.54, 1.807) is 0 Å². The van der Waals surface area contributed by atoms with Crippen LogP contribution in [0.5, 0.6) is 0 Å². The minimum Gasteiger partial charge on any atom is -0.381 e. The van der Waals surface area contributed by atoms with Crippen LogP contribution < -0.4 is 10.6 Å². The van der Waals surface area contributed by atoms with Crippen LogP contribution in [-0.2, 0) is 4.74 Å². The molecule has 2 aromatic rings. The number of hydrogen-bond donors (Lipinski definition) is 2. The number of carbonyl (C=O) groups excluding carboxylic acids is 1. The summed E-state index contributed by atoms with van der Waals surface area (Å²) in [6.07, 6.45) is 3.27. The van der Waals surface area contributed by atoms with Crippen LogP contribution in [0.1, 0.15) is 19.3 Å². The van der Waals surface area contributed by atoms with Crippen molar-refractivity contribution in [3.05, 3.63) is 42.5 Å². The molecule has 0 bridgehead atoms. The summed E-state index contributed by atoms with van der Waals surface area (Å²) in [7, 11) is 0. The van der Waals surface area contributed by atoms with E-state index in [-0.39, 0.29) is 6.03 Å². The maximum Gasteiger partial charge on any atom is 0.319 e. The third-order valence-corrected chi connectivity index (χ3v) is 4.14. The van der Waals surface area contributed by atoms with Crippen LogP contribution in [0, 0.1) is 5.92 Å². The summed E-state index contributed by atoms with van der Waals surface area (Å²) in [6, 6.07) is 13.8. The molecule has 2 N–H and O–H groups in total. The first-order valence-electron chi connectivity index (χ1n) is 7.93. The fraction of sp³-hybridized carbons (Fsp3) is 0.389. The van der Waals surface area contributed by atoms with Gasteiger partial charge >= 0.3 is 6.03 Å². The van der Waals surface area contributed by atoms with Crippen LogP contribution in [0.15, 0.2) is 42.5 Å². The summed E-state index contributed by atoms with van der Waals surface area (Å²) in [5, 5.41) is 8.05. The molecule has 1 aliphatic rings. The largest absolute Gasteiger partial charge is 0.381 e. The van der Waals surface area contributed by atoms with Crippen molar-refractivity contribution in [1.82, 2.24) is 5.32 Å². The Morgan fingerprint density at radius 1 is 1.18 bits per heavy atom. The topological polar surface area (TPSA) is 50.4 Å². The average molecular weight is 298 g/mol. The van der Waals surface area contributed by atoms with Gasteiger partial charge in [-0.1, -0.05) is 36.4 Å². The standard InChI is InChI=1S/C18H22N2O2/c21-18(19-11-4-5-14-10-12-22-13-14)20-17-9-3-7-15-6-1-2-8-16(15)17/h1-3,6-9,14H,4-5,10-13H2,(H2,19,20,21)/t14-/m0/s1. The number of carbonyl (C=O) groups is 1. The molecular formula is C18H22N2O2. The fourth-order valence-corrected chi connectivity index (χ4v) is 2.90. The number of rotatable bonds is 5. The Morgan fingerprint density at radius 3 is 2.91 bits per heavy atom. The number of nitrogens with one attached hydrogen (secondary N) is 2. The Balaban J connectivity index is 1.48. The second-order valence-corrected chi connectivity index (χ2v) is 5.78. The normalized spacial score (nSPS) is 17.5. The molecule has 4 nitrogen and oxygen atoms in total. The molecule has 4 heteroatoms. The molecule has 1 aliphatic heterocycles. The van der Waals surface area contributed by atoms with Crippen LogP contribution in [-0.4, -0.2) is 25.8 Å². The van der Waals surface area contributed by atoms with Gasteiger partial charge in [-0.2, -0.15) is 0 Å². The van der Waals surface area contributed by atoms with Crippen LogP contribution in [0.3, 0.4) is 0 Å². The summed E-state index contributed by atoms with van der Waals surface area (Å²) < 4.78 is 5.36. The first-order chi connectivity index (χ1) is 10.8. The average Bonchev–Trinajstić information content (AvgIpc) is 3.05. The van der Waals surface area contributed by atoms with E-state index in [1.165, 1.54) is 0 Å². The summed E-state index contributed by atoms with van der Waals surface area (Å²) >= 11 is 0. The minimum atomic E-state index is -0.140. The van der Waals surface area contributed by atoms with Gasteiger partial charge < -0.3 is 15.4 Å². The van der Waals surface area contributed by atoms with Crippen LogP contribution in [0.25, 0.3) is 10.8 Å². The van der Waals surface area contributed by atoms with Crippen molar-refractivity contribution < 1.29 is 9.53 Å². The summed E-state index contributed by atoms with van der Waals surface area (Å²) in [5.41, 5.74) is 0.847. The Bertz CT molecular complexity index is 631. The highest BCUT2D eigenvalue weighted by Crippen LogP contribution is 2.22. The van der Waals surface area contributed by atoms with Gasteiger partial charge in [-0.05, 0) is 36.6 Å². The number of fused-ring (bicyclic) bond motifs is 1. The second-order valence-electron chi connectivity index (χ2n) is 5.78. The lowest BCUT2D eigenvalue weighted by Gasteiger charge is -2.11. The Labute approximate surface area is 130 Å². The first-order valence-corrected chi connectivity index (χ1v) is 7.93. The van der Waals surface area contributed by atoms with Crippen LogP contribution >= 0.6 is 0 Å². The zero-order valence-electron chi connectivity index (χ0n) is 12.7. The molecule has 22 heavy (non-hydrogen) atoms. The molecule has 0 aromatic heterocycles. The van der Waals surface area contributed by atoms with Crippen molar-refractivity contribution >= 4 is 22.5 Å². The molecule has 0 aliphatic carbocycles. The third kappa shape index (κ3) is 3.77. The highest BCUT2D eigenvalue weighted by molar-refractivity contribution is 6.01. The monoisotopic (exact) mass is 298 g/mol. The van der Waals surface area contributed by atoms with E-state index in [4.69, 9.17) is 4.74 Å². The lowest BCUT2D eigenvalue weighted by Crippen LogP contribution is -2.29. The number of urea groups is 1. The van der Waals surface area contributed by atoms with E-state index in [1.807, 2.05) is 42.5 Å². The van der Waals surface area contributed by atoms with Crippen molar-refractivity contribution in [1.29, 1.82) is 0 Å². The molecule has 116 valence electrons. The fourth-order valence-electron chi connectivity index (χ4n) is 2.90. The molecule has 2 amide bonds. The molecule has 1 saturated heterocycles. The van der Waals surface area contributed by atoms with Gasteiger partial charge in [-0.25, -0.2) is 4.79 Å².